The zero-order valence-corrected chi connectivity index (χ0v) is 16.8. The Morgan fingerprint density at radius 2 is 2.04 bits per heavy atom. The molecule has 6 heteroatoms. The van der Waals surface area contributed by atoms with E-state index in [-0.39, 0.29) is 11.7 Å². The summed E-state index contributed by atoms with van der Waals surface area (Å²) in [5, 5.41) is 0.806. The van der Waals surface area contributed by atoms with Gasteiger partial charge in [-0.15, -0.1) is 0 Å². The third-order valence-corrected chi connectivity index (χ3v) is 6.77. The Balaban J connectivity index is 1.58. The standard InChI is InChI=1S/C22H21FO4S/c1-12-7-13(2)20-18(8-12)26-19-10-17(27-22(24)21(19)20)14(3)11-28(25)16-6-4-5-15(23)9-16/h4-9,14,17H,10-11H2,1-3H3. The number of cyclic esters (lactones) is 1. The molecule has 0 fully saturated rings. The van der Waals surface area contributed by atoms with Crippen LogP contribution >= 0.6 is 0 Å². The van der Waals surface area contributed by atoms with Gasteiger partial charge in [0.2, 0.25) is 0 Å². The van der Waals surface area contributed by atoms with Crippen molar-refractivity contribution in [2.45, 2.75) is 38.2 Å². The Morgan fingerprint density at radius 3 is 2.79 bits per heavy atom. The van der Waals surface area contributed by atoms with Crippen LogP contribution < -0.4 is 0 Å². The van der Waals surface area contributed by atoms with Gasteiger partial charge in [-0.05, 0) is 49.2 Å². The van der Waals surface area contributed by atoms with E-state index in [1.807, 2.05) is 32.9 Å². The van der Waals surface area contributed by atoms with Crippen LogP contribution in [0.25, 0.3) is 11.0 Å². The molecule has 0 radical (unpaired) electrons. The van der Waals surface area contributed by atoms with Crippen molar-refractivity contribution >= 4 is 27.7 Å². The summed E-state index contributed by atoms with van der Waals surface area (Å²) in [7, 11) is -1.38. The minimum absolute atomic E-state index is 0.169. The molecule has 146 valence electrons. The van der Waals surface area contributed by atoms with Gasteiger partial charge in [-0.1, -0.05) is 19.1 Å². The molecular weight excluding hydrogens is 379 g/mol. The molecule has 2 aromatic carbocycles. The third kappa shape index (κ3) is 3.37. The lowest BCUT2D eigenvalue weighted by Crippen LogP contribution is -2.34. The second-order valence-corrected chi connectivity index (χ2v) is 8.95. The summed E-state index contributed by atoms with van der Waals surface area (Å²) in [6.45, 7) is 5.83. The van der Waals surface area contributed by atoms with Crippen molar-refractivity contribution < 1.29 is 22.5 Å². The molecule has 0 spiro atoms. The molecule has 0 amide bonds. The van der Waals surface area contributed by atoms with Crippen LogP contribution in [0.15, 0.2) is 45.7 Å². The molecule has 2 heterocycles. The number of esters is 1. The van der Waals surface area contributed by atoms with Crippen LogP contribution in [0.4, 0.5) is 4.39 Å². The zero-order chi connectivity index (χ0) is 20.0. The molecule has 1 aliphatic heterocycles. The number of hydrogen-bond acceptors (Lipinski definition) is 4. The van der Waals surface area contributed by atoms with Crippen LogP contribution in [0.2, 0.25) is 0 Å². The number of carbonyl (C=O) groups is 1. The fourth-order valence-electron chi connectivity index (χ4n) is 3.80. The van der Waals surface area contributed by atoms with Crippen LogP contribution in [0, 0.1) is 25.6 Å². The van der Waals surface area contributed by atoms with Crippen LogP contribution in [0.1, 0.15) is 34.2 Å². The molecule has 0 saturated heterocycles. The van der Waals surface area contributed by atoms with Crippen molar-refractivity contribution in [3.05, 3.63) is 64.7 Å². The number of furan rings is 1. The number of carbonyl (C=O) groups excluding carboxylic acids is 1. The lowest BCUT2D eigenvalue weighted by atomic mass is 9.95. The fourth-order valence-corrected chi connectivity index (χ4v) is 5.16. The van der Waals surface area contributed by atoms with E-state index >= 15 is 0 Å². The van der Waals surface area contributed by atoms with Crippen molar-refractivity contribution in [2.75, 3.05) is 5.75 Å². The van der Waals surface area contributed by atoms with Crippen LogP contribution in [0.5, 0.6) is 0 Å². The normalized spacial score (nSPS) is 18.6. The van der Waals surface area contributed by atoms with Gasteiger partial charge < -0.3 is 9.15 Å². The van der Waals surface area contributed by atoms with Gasteiger partial charge in [0, 0.05) is 28.4 Å². The smallest absolute Gasteiger partial charge is 0.342 e. The molecule has 1 aliphatic rings. The maximum Gasteiger partial charge on any atom is 0.342 e. The number of benzene rings is 2. The Kier molecular flexibility index (Phi) is 4.83. The second kappa shape index (κ2) is 7.17. The Labute approximate surface area is 165 Å². The number of hydrogen-bond donors (Lipinski definition) is 0. The number of halogens is 1. The first kappa shape index (κ1) is 18.9. The predicted octanol–water partition coefficient (Wildman–Crippen LogP) is 4.71. The number of fused-ring (bicyclic) bond motifs is 3. The Bertz CT molecular complexity index is 1100. The van der Waals surface area contributed by atoms with Crippen molar-refractivity contribution in [3.63, 3.8) is 0 Å². The molecule has 0 saturated carbocycles. The van der Waals surface area contributed by atoms with Gasteiger partial charge in [-0.25, -0.2) is 9.18 Å². The fraction of sp³-hybridized carbons (Fsp3) is 0.318. The highest BCUT2D eigenvalue weighted by Gasteiger charge is 2.35. The van der Waals surface area contributed by atoms with E-state index in [1.165, 1.54) is 12.1 Å². The van der Waals surface area contributed by atoms with E-state index in [9.17, 15) is 13.4 Å². The van der Waals surface area contributed by atoms with Gasteiger partial charge in [0.15, 0.2) is 0 Å². The number of aryl methyl sites for hydroxylation is 2. The van der Waals surface area contributed by atoms with E-state index < -0.39 is 28.7 Å². The third-order valence-electron chi connectivity index (χ3n) is 5.16. The quantitative estimate of drug-likeness (QED) is 0.595. The monoisotopic (exact) mass is 400 g/mol. The number of rotatable bonds is 4. The lowest BCUT2D eigenvalue weighted by molar-refractivity contribution is 0.0121. The summed E-state index contributed by atoms with van der Waals surface area (Å²) >= 11 is 0. The molecule has 4 nitrogen and oxygen atoms in total. The maximum absolute atomic E-state index is 13.4. The van der Waals surface area contributed by atoms with Gasteiger partial charge in [-0.2, -0.15) is 0 Å². The minimum atomic E-state index is -1.38. The number of ether oxygens (including phenoxy) is 1. The summed E-state index contributed by atoms with van der Waals surface area (Å²) in [5.41, 5.74) is 3.24. The van der Waals surface area contributed by atoms with Crippen molar-refractivity contribution in [2.24, 2.45) is 5.92 Å². The van der Waals surface area contributed by atoms with Crippen molar-refractivity contribution in [1.29, 1.82) is 0 Å². The topological polar surface area (TPSA) is 56.5 Å². The summed E-state index contributed by atoms with van der Waals surface area (Å²) in [4.78, 5) is 13.1. The first-order chi connectivity index (χ1) is 13.3. The zero-order valence-electron chi connectivity index (χ0n) is 16.0. The van der Waals surface area contributed by atoms with Gasteiger partial charge >= 0.3 is 5.97 Å². The summed E-state index contributed by atoms with van der Waals surface area (Å²) < 4.78 is 37.6. The highest BCUT2D eigenvalue weighted by molar-refractivity contribution is 7.85. The van der Waals surface area contributed by atoms with Crippen LogP contribution in [-0.2, 0) is 22.0 Å². The van der Waals surface area contributed by atoms with Crippen LogP contribution in [0.3, 0.4) is 0 Å². The maximum atomic E-state index is 13.4. The summed E-state index contributed by atoms with van der Waals surface area (Å²) in [5.74, 6) is -0.0964. The van der Waals surface area contributed by atoms with Gasteiger partial charge in [0.1, 0.15) is 28.8 Å². The second-order valence-electron chi connectivity index (χ2n) is 7.45. The predicted molar refractivity (Wildman–Crippen MR) is 105 cm³/mol. The molecule has 28 heavy (non-hydrogen) atoms. The molecule has 4 rings (SSSR count). The summed E-state index contributed by atoms with van der Waals surface area (Å²) in [6.07, 6.45) is 0.00919. The highest BCUT2D eigenvalue weighted by atomic mass is 32.2. The van der Waals surface area contributed by atoms with Crippen LogP contribution in [-0.4, -0.2) is 22.0 Å². The average molecular weight is 400 g/mol. The molecule has 3 unspecified atom stereocenters. The van der Waals surface area contributed by atoms with Crippen molar-refractivity contribution in [3.8, 4) is 0 Å². The van der Waals surface area contributed by atoms with E-state index in [1.54, 1.807) is 12.1 Å². The minimum Gasteiger partial charge on any atom is -0.460 e. The molecule has 1 aromatic heterocycles. The van der Waals surface area contributed by atoms with Crippen molar-refractivity contribution in [1.82, 2.24) is 0 Å². The first-order valence-corrected chi connectivity index (χ1v) is 10.5. The molecule has 0 aliphatic carbocycles. The molecule has 0 N–H and O–H groups in total. The van der Waals surface area contributed by atoms with Gasteiger partial charge in [0.05, 0.1) is 10.8 Å². The molecule has 0 bridgehead atoms. The van der Waals surface area contributed by atoms with E-state index in [2.05, 4.69) is 0 Å². The van der Waals surface area contributed by atoms with E-state index in [4.69, 9.17) is 9.15 Å². The molecular formula is C22H21FO4S. The summed E-state index contributed by atoms with van der Waals surface area (Å²) in [6, 6.07) is 9.71. The SMILES string of the molecule is Cc1cc(C)c2c3c(oc2c1)CC(C(C)CS(=O)c1cccc(F)c1)OC3=O. The molecule has 3 aromatic rings. The Morgan fingerprint density at radius 1 is 1.25 bits per heavy atom. The largest absolute Gasteiger partial charge is 0.460 e. The van der Waals surface area contributed by atoms with E-state index in [0.29, 0.717) is 28.2 Å². The Hall–Kier alpha value is -2.47. The average Bonchev–Trinajstić information content (AvgIpc) is 3.00. The van der Waals surface area contributed by atoms with E-state index in [0.717, 1.165) is 16.5 Å². The van der Waals surface area contributed by atoms with Gasteiger partial charge in [0.25, 0.3) is 0 Å². The van der Waals surface area contributed by atoms with Gasteiger partial charge in [-0.3, -0.25) is 4.21 Å². The highest BCUT2D eigenvalue weighted by Crippen LogP contribution is 2.35. The first-order valence-electron chi connectivity index (χ1n) is 9.21. The molecule has 3 atom stereocenters. The lowest BCUT2D eigenvalue weighted by Gasteiger charge is -2.27.